The van der Waals surface area contributed by atoms with E-state index >= 15 is 0 Å². The van der Waals surface area contributed by atoms with Crippen molar-refractivity contribution in [3.8, 4) is 0 Å². The van der Waals surface area contributed by atoms with Crippen LogP contribution < -0.4 is 10.6 Å². The van der Waals surface area contributed by atoms with Gasteiger partial charge in [0, 0.05) is 44.5 Å². The van der Waals surface area contributed by atoms with Crippen LogP contribution in [0.1, 0.15) is 32.3 Å². The number of nitrogens with one attached hydrogen (secondary N) is 2. The Labute approximate surface area is 117 Å². The van der Waals surface area contributed by atoms with Crippen LogP contribution >= 0.6 is 0 Å². The van der Waals surface area contributed by atoms with Crippen LogP contribution in [0.2, 0.25) is 0 Å². The summed E-state index contributed by atoms with van der Waals surface area (Å²) in [5.41, 5.74) is 2.70. The summed E-state index contributed by atoms with van der Waals surface area (Å²) < 4.78 is 0. The van der Waals surface area contributed by atoms with Crippen molar-refractivity contribution < 1.29 is 0 Å². The first-order valence-electron chi connectivity index (χ1n) is 7.46. The number of anilines is 1. The van der Waals surface area contributed by atoms with Crippen LogP contribution in [-0.4, -0.2) is 43.7 Å². The molecule has 1 unspecified atom stereocenters. The number of para-hydroxylation sites is 1. The highest BCUT2D eigenvalue weighted by molar-refractivity contribution is 5.52. The van der Waals surface area contributed by atoms with Crippen molar-refractivity contribution >= 4 is 5.69 Å². The highest BCUT2D eigenvalue weighted by atomic mass is 15.2. The van der Waals surface area contributed by atoms with E-state index in [9.17, 15) is 0 Å². The van der Waals surface area contributed by atoms with Crippen molar-refractivity contribution in [2.24, 2.45) is 0 Å². The van der Waals surface area contributed by atoms with Crippen LogP contribution in [-0.2, 0) is 0 Å². The molecule has 1 heterocycles. The van der Waals surface area contributed by atoms with Crippen LogP contribution in [0.4, 0.5) is 5.69 Å². The number of nitrogens with zero attached hydrogens (tertiary/aromatic N) is 1. The first-order chi connectivity index (χ1) is 9.18. The van der Waals surface area contributed by atoms with Crippen molar-refractivity contribution in [2.45, 2.75) is 32.7 Å². The molecular weight excluding hydrogens is 234 g/mol. The Kier molecular flexibility index (Phi) is 5.23. The molecular formula is C16H27N3. The molecule has 3 heteroatoms. The summed E-state index contributed by atoms with van der Waals surface area (Å²) in [7, 11) is 0. The molecule has 1 aliphatic rings. The third kappa shape index (κ3) is 3.95. The molecule has 0 bridgehead atoms. The highest BCUT2D eigenvalue weighted by Gasteiger charge is 2.16. The molecule has 1 atom stereocenters. The van der Waals surface area contributed by atoms with E-state index in [0.29, 0.717) is 12.0 Å². The minimum Gasteiger partial charge on any atom is -0.383 e. The van der Waals surface area contributed by atoms with Gasteiger partial charge in [-0.3, -0.25) is 4.90 Å². The first-order valence-corrected chi connectivity index (χ1v) is 7.46. The molecule has 19 heavy (non-hydrogen) atoms. The lowest BCUT2D eigenvalue weighted by Gasteiger charge is -2.33. The molecule has 3 nitrogen and oxygen atoms in total. The van der Waals surface area contributed by atoms with E-state index in [1.807, 2.05) is 0 Å². The molecule has 2 N–H and O–H groups in total. The Hall–Kier alpha value is -1.06. The lowest BCUT2D eigenvalue weighted by molar-refractivity contribution is 0.191. The molecule has 0 amide bonds. The summed E-state index contributed by atoms with van der Waals surface area (Å²) in [5, 5.41) is 7.03. The zero-order valence-corrected chi connectivity index (χ0v) is 12.4. The largest absolute Gasteiger partial charge is 0.383 e. The zero-order valence-electron chi connectivity index (χ0n) is 12.4. The average molecular weight is 261 g/mol. The van der Waals surface area contributed by atoms with Gasteiger partial charge in [0.05, 0.1) is 0 Å². The van der Waals surface area contributed by atoms with E-state index in [4.69, 9.17) is 0 Å². The van der Waals surface area contributed by atoms with Crippen molar-refractivity contribution in [1.82, 2.24) is 10.2 Å². The summed E-state index contributed by atoms with van der Waals surface area (Å²) in [6, 6.07) is 9.24. The van der Waals surface area contributed by atoms with Crippen molar-refractivity contribution in [3.05, 3.63) is 29.8 Å². The lowest BCUT2D eigenvalue weighted by atomic mass is 10.0. The SMILES string of the molecule is CC(C)c1ccccc1NCC(C)N1CCNCC1. The van der Waals surface area contributed by atoms with Gasteiger partial charge < -0.3 is 10.6 Å². The Morgan fingerprint density at radius 3 is 2.53 bits per heavy atom. The van der Waals surface area contributed by atoms with Gasteiger partial charge in [-0.25, -0.2) is 0 Å². The van der Waals surface area contributed by atoms with Gasteiger partial charge in [-0.05, 0) is 24.5 Å². The zero-order chi connectivity index (χ0) is 13.7. The first kappa shape index (κ1) is 14.4. The standard InChI is InChI=1S/C16H27N3/c1-13(2)15-6-4-5-7-16(15)18-12-14(3)19-10-8-17-9-11-19/h4-7,13-14,17-18H,8-12H2,1-3H3. The van der Waals surface area contributed by atoms with Gasteiger partial charge in [-0.15, -0.1) is 0 Å². The minimum absolute atomic E-state index is 0.568. The molecule has 106 valence electrons. The smallest absolute Gasteiger partial charge is 0.0375 e. The van der Waals surface area contributed by atoms with Gasteiger partial charge in [0.15, 0.2) is 0 Å². The lowest BCUT2D eigenvalue weighted by Crippen LogP contribution is -2.49. The maximum absolute atomic E-state index is 3.63. The Morgan fingerprint density at radius 2 is 1.84 bits per heavy atom. The predicted octanol–water partition coefficient (Wildman–Crippen LogP) is 2.52. The van der Waals surface area contributed by atoms with Crippen molar-refractivity contribution in [1.29, 1.82) is 0 Å². The second-order valence-corrected chi connectivity index (χ2v) is 5.76. The highest BCUT2D eigenvalue weighted by Crippen LogP contribution is 2.23. The number of rotatable bonds is 5. The molecule has 2 rings (SSSR count). The maximum Gasteiger partial charge on any atom is 0.0375 e. The molecule has 0 aromatic heterocycles. The number of piperazine rings is 1. The summed E-state index contributed by atoms with van der Waals surface area (Å²) >= 11 is 0. The van der Waals surface area contributed by atoms with E-state index in [1.165, 1.54) is 11.3 Å². The molecule has 1 aromatic rings. The van der Waals surface area contributed by atoms with Crippen molar-refractivity contribution in [3.63, 3.8) is 0 Å². The summed E-state index contributed by atoms with van der Waals surface area (Å²) in [6.45, 7) is 12.4. The maximum atomic E-state index is 3.63. The summed E-state index contributed by atoms with van der Waals surface area (Å²) in [4.78, 5) is 2.56. The number of benzene rings is 1. The van der Waals surface area contributed by atoms with Gasteiger partial charge in [0.1, 0.15) is 0 Å². The normalized spacial score (nSPS) is 18.5. The summed E-state index contributed by atoms with van der Waals surface area (Å²) in [6.07, 6.45) is 0. The Bertz CT molecular complexity index is 383. The van der Waals surface area contributed by atoms with Crippen LogP contribution in [0.3, 0.4) is 0 Å². The van der Waals surface area contributed by atoms with Gasteiger partial charge in [0.2, 0.25) is 0 Å². The van der Waals surface area contributed by atoms with Crippen LogP contribution in [0, 0.1) is 0 Å². The van der Waals surface area contributed by atoms with Gasteiger partial charge in [-0.2, -0.15) is 0 Å². The van der Waals surface area contributed by atoms with E-state index in [0.717, 1.165) is 32.7 Å². The average Bonchev–Trinajstić information content (AvgIpc) is 2.46. The van der Waals surface area contributed by atoms with Gasteiger partial charge in [-0.1, -0.05) is 32.0 Å². The van der Waals surface area contributed by atoms with E-state index in [-0.39, 0.29) is 0 Å². The topological polar surface area (TPSA) is 27.3 Å². The fraction of sp³-hybridized carbons (Fsp3) is 0.625. The molecule has 0 radical (unpaired) electrons. The molecule has 0 spiro atoms. The Balaban J connectivity index is 1.91. The predicted molar refractivity (Wildman–Crippen MR) is 82.9 cm³/mol. The molecule has 1 saturated heterocycles. The van der Waals surface area contributed by atoms with E-state index in [1.54, 1.807) is 0 Å². The minimum atomic E-state index is 0.568. The number of hydrogen-bond acceptors (Lipinski definition) is 3. The molecule has 0 aliphatic carbocycles. The second kappa shape index (κ2) is 6.92. The monoisotopic (exact) mass is 261 g/mol. The molecule has 1 fully saturated rings. The summed E-state index contributed by atoms with van der Waals surface area (Å²) in [5.74, 6) is 0.568. The number of hydrogen-bond donors (Lipinski definition) is 2. The molecule has 1 aromatic carbocycles. The van der Waals surface area contributed by atoms with Gasteiger partial charge >= 0.3 is 0 Å². The van der Waals surface area contributed by atoms with Crippen LogP contribution in [0.15, 0.2) is 24.3 Å². The van der Waals surface area contributed by atoms with E-state index in [2.05, 4.69) is 60.6 Å². The van der Waals surface area contributed by atoms with E-state index < -0.39 is 0 Å². The van der Waals surface area contributed by atoms with Crippen LogP contribution in [0.5, 0.6) is 0 Å². The molecule has 0 saturated carbocycles. The van der Waals surface area contributed by atoms with Crippen molar-refractivity contribution in [2.75, 3.05) is 38.0 Å². The second-order valence-electron chi connectivity index (χ2n) is 5.76. The quantitative estimate of drug-likeness (QED) is 0.853. The fourth-order valence-electron chi connectivity index (χ4n) is 2.67. The van der Waals surface area contributed by atoms with Crippen LogP contribution in [0.25, 0.3) is 0 Å². The third-order valence-corrected chi connectivity index (χ3v) is 3.95. The fourth-order valence-corrected chi connectivity index (χ4v) is 2.67. The molecule has 1 aliphatic heterocycles. The third-order valence-electron chi connectivity index (χ3n) is 3.95. The van der Waals surface area contributed by atoms with Gasteiger partial charge in [0.25, 0.3) is 0 Å². The Morgan fingerprint density at radius 1 is 1.16 bits per heavy atom.